The molecule has 0 unspecified atom stereocenters. The quantitative estimate of drug-likeness (QED) is 0.748. The summed E-state index contributed by atoms with van der Waals surface area (Å²) in [7, 11) is 0. The smallest absolute Gasteiger partial charge is 0.394 e. The molecule has 17 heavy (non-hydrogen) atoms. The predicted octanol–water partition coefficient (Wildman–Crippen LogP) is 0.972. The van der Waals surface area contributed by atoms with Crippen molar-refractivity contribution in [3.8, 4) is 0 Å². The molecular weight excluding hydrogens is 239 g/mol. The highest BCUT2D eigenvalue weighted by molar-refractivity contribution is 5.29. The van der Waals surface area contributed by atoms with Crippen molar-refractivity contribution in [2.24, 2.45) is 0 Å². The number of halogens is 3. The van der Waals surface area contributed by atoms with Gasteiger partial charge in [-0.1, -0.05) is 0 Å². The lowest BCUT2D eigenvalue weighted by atomic mass is 10.1. The van der Waals surface area contributed by atoms with E-state index in [1.165, 1.54) is 0 Å². The fourth-order valence-corrected chi connectivity index (χ4v) is 1.02. The van der Waals surface area contributed by atoms with Gasteiger partial charge in [0, 0.05) is 6.07 Å². The molecule has 0 fully saturated rings. The number of hydrogen-bond acceptors (Lipinski definition) is 4. The Morgan fingerprint density at radius 1 is 1.47 bits per heavy atom. The average Bonchev–Trinajstić information content (AvgIpc) is 2.14. The van der Waals surface area contributed by atoms with Crippen LogP contribution in [-0.4, -0.2) is 27.2 Å². The van der Waals surface area contributed by atoms with E-state index in [1.807, 2.05) is 0 Å². The summed E-state index contributed by atoms with van der Waals surface area (Å²) in [4.78, 5) is 16.4. The first-order valence-electron chi connectivity index (χ1n) is 4.72. The Bertz CT molecular complexity index is 454. The van der Waals surface area contributed by atoms with E-state index >= 15 is 0 Å². The molecule has 0 amide bonds. The van der Waals surface area contributed by atoms with Crippen LogP contribution in [0.1, 0.15) is 19.5 Å². The van der Waals surface area contributed by atoms with E-state index in [0.717, 1.165) is 0 Å². The van der Waals surface area contributed by atoms with Crippen molar-refractivity contribution < 1.29 is 18.3 Å². The maximum atomic E-state index is 12.4. The van der Waals surface area contributed by atoms with Gasteiger partial charge in [-0.3, -0.25) is 9.78 Å². The molecule has 0 bridgehead atoms. The number of aromatic nitrogens is 2. The average molecular weight is 251 g/mol. The first kappa shape index (κ1) is 13.5. The lowest BCUT2D eigenvalue weighted by molar-refractivity contribution is -0.141. The van der Waals surface area contributed by atoms with Gasteiger partial charge in [-0.2, -0.15) is 13.2 Å². The van der Waals surface area contributed by atoms with Crippen molar-refractivity contribution in [1.82, 2.24) is 9.97 Å². The van der Waals surface area contributed by atoms with Crippen LogP contribution < -0.4 is 10.9 Å². The summed E-state index contributed by atoms with van der Waals surface area (Å²) >= 11 is 0. The maximum Gasteiger partial charge on any atom is 0.433 e. The second-order valence-corrected chi connectivity index (χ2v) is 4.14. The van der Waals surface area contributed by atoms with Crippen LogP contribution in [0, 0.1) is 0 Å². The molecular formula is C9H12F3N3O2. The van der Waals surface area contributed by atoms with Crippen LogP contribution in [0.4, 0.5) is 19.1 Å². The monoisotopic (exact) mass is 251 g/mol. The molecule has 5 nitrogen and oxygen atoms in total. The number of H-pyrrole nitrogens is 1. The van der Waals surface area contributed by atoms with Crippen LogP contribution in [-0.2, 0) is 6.18 Å². The fourth-order valence-electron chi connectivity index (χ4n) is 1.02. The first-order valence-corrected chi connectivity index (χ1v) is 4.72. The molecule has 0 aliphatic heterocycles. The summed E-state index contributed by atoms with van der Waals surface area (Å²) in [6.45, 7) is 2.77. The van der Waals surface area contributed by atoms with Gasteiger partial charge >= 0.3 is 6.18 Å². The zero-order valence-electron chi connectivity index (χ0n) is 9.22. The number of hydrogen-bond donors (Lipinski definition) is 3. The van der Waals surface area contributed by atoms with Crippen LogP contribution >= 0.6 is 0 Å². The van der Waals surface area contributed by atoms with E-state index in [9.17, 15) is 18.0 Å². The normalized spacial score (nSPS) is 12.6. The second-order valence-electron chi connectivity index (χ2n) is 4.14. The van der Waals surface area contributed by atoms with Gasteiger partial charge in [-0.05, 0) is 13.8 Å². The maximum absolute atomic E-state index is 12.4. The molecule has 0 saturated carbocycles. The molecule has 0 spiro atoms. The molecule has 1 aromatic rings. The fraction of sp³-hybridized carbons (Fsp3) is 0.556. The number of nitrogens with one attached hydrogen (secondary N) is 2. The molecule has 8 heteroatoms. The van der Waals surface area contributed by atoms with Gasteiger partial charge in [-0.25, -0.2) is 4.98 Å². The number of aliphatic hydroxyl groups is 1. The van der Waals surface area contributed by atoms with Gasteiger partial charge in [0.15, 0.2) is 5.69 Å². The number of nitrogens with zero attached hydrogens (tertiary/aromatic N) is 1. The number of aromatic amines is 1. The Hall–Kier alpha value is -1.57. The summed E-state index contributed by atoms with van der Waals surface area (Å²) in [6.07, 6.45) is -4.69. The molecule has 1 rings (SSSR count). The molecule has 1 aromatic heterocycles. The minimum absolute atomic E-state index is 0.326. The van der Waals surface area contributed by atoms with Crippen LogP contribution in [0.2, 0.25) is 0 Å². The van der Waals surface area contributed by atoms with Gasteiger partial charge < -0.3 is 10.4 Å². The van der Waals surface area contributed by atoms with Gasteiger partial charge in [0.05, 0.1) is 12.1 Å². The molecule has 0 aromatic carbocycles. The lowest BCUT2D eigenvalue weighted by Gasteiger charge is -2.23. The van der Waals surface area contributed by atoms with Gasteiger partial charge in [-0.15, -0.1) is 0 Å². The molecule has 0 aliphatic carbocycles. The highest BCUT2D eigenvalue weighted by Crippen LogP contribution is 2.27. The second kappa shape index (κ2) is 4.36. The Morgan fingerprint density at radius 2 is 2.06 bits per heavy atom. The molecule has 0 saturated heterocycles. The third kappa shape index (κ3) is 3.74. The summed E-state index contributed by atoms with van der Waals surface area (Å²) in [5.74, 6) is -0.330. The minimum Gasteiger partial charge on any atom is -0.394 e. The molecule has 0 aliphatic rings. The van der Waals surface area contributed by atoms with Gasteiger partial charge in [0.1, 0.15) is 0 Å². The van der Waals surface area contributed by atoms with E-state index in [0.29, 0.717) is 6.07 Å². The van der Waals surface area contributed by atoms with Crippen molar-refractivity contribution in [3.05, 3.63) is 22.1 Å². The summed E-state index contributed by atoms with van der Waals surface area (Å²) in [6, 6.07) is 0.372. The van der Waals surface area contributed by atoms with E-state index in [1.54, 1.807) is 13.8 Å². The van der Waals surface area contributed by atoms with E-state index in [4.69, 9.17) is 5.11 Å². The molecule has 0 atom stereocenters. The van der Waals surface area contributed by atoms with Crippen molar-refractivity contribution in [2.75, 3.05) is 11.9 Å². The van der Waals surface area contributed by atoms with E-state index in [-0.39, 0.29) is 12.6 Å². The Balaban J connectivity index is 3.11. The minimum atomic E-state index is -4.69. The van der Waals surface area contributed by atoms with Gasteiger partial charge in [0.25, 0.3) is 5.56 Å². The molecule has 0 radical (unpaired) electrons. The summed E-state index contributed by atoms with van der Waals surface area (Å²) in [5, 5.41) is 11.5. The van der Waals surface area contributed by atoms with Gasteiger partial charge in [0.2, 0.25) is 5.95 Å². The standard InChI is InChI=1S/C9H12F3N3O2/c1-8(2,4-16)15-7-13-5(9(10,11)12)3-6(17)14-7/h3,16H,4H2,1-2H3,(H2,13,14,15,17). The molecule has 1 heterocycles. The third-order valence-electron chi connectivity index (χ3n) is 1.88. The zero-order valence-corrected chi connectivity index (χ0v) is 9.22. The largest absolute Gasteiger partial charge is 0.433 e. The number of rotatable bonds is 3. The SMILES string of the molecule is CC(C)(CO)Nc1nc(C(F)(F)F)cc(=O)[nH]1. The topological polar surface area (TPSA) is 78.0 Å². The lowest BCUT2D eigenvalue weighted by Crippen LogP contribution is -2.36. The Kier molecular flexibility index (Phi) is 3.46. The molecule has 3 N–H and O–H groups in total. The van der Waals surface area contributed by atoms with E-state index in [2.05, 4.69) is 15.3 Å². The molecule has 96 valence electrons. The highest BCUT2D eigenvalue weighted by atomic mass is 19.4. The summed E-state index contributed by atoms with van der Waals surface area (Å²) < 4.78 is 37.1. The first-order chi connectivity index (χ1) is 7.64. The summed E-state index contributed by atoms with van der Waals surface area (Å²) in [5.41, 5.74) is -3.08. The van der Waals surface area contributed by atoms with Crippen molar-refractivity contribution in [3.63, 3.8) is 0 Å². The van der Waals surface area contributed by atoms with Crippen LogP contribution in [0.3, 0.4) is 0 Å². The third-order valence-corrected chi connectivity index (χ3v) is 1.88. The van der Waals surface area contributed by atoms with Crippen molar-refractivity contribution in [1.29, 1.82) is 0 Å². The Morgan fingerprint density at radius 3 is 2.53 bits per heavy atom. The Labute approximate surface area is 94.7 Å². The number of aliphatic hydroxyl groups excluding tert-OH is 1. The van der Waals surface area contributed by atoms with E-state index < -0.39 is 23.0 Å². The number of alkyl halides is 3. The number of anilines is 1. The van der Waals surface area contributed by atoms with Crippen LogP contribution in [0.5, 0.6) is 0 Å². The zero-order chi connectivity index (χ0) is 13.3. The predicted molar refractivity (Wildman–Crippen MR) is 54.6 cm³/mol. The van der Waals surface area contributed by atoms with Crippen LogP contribution in [0.15, 0.2) is 10.9 Å². The van der Waals surface area contributed by atoms with Crippen LogP contribution in [0.25, 0.3) is 0 Å². The van der Waals surface area contributed by atoms with Crippen molar-refractivity contribution >= 4 is 5.95 Å². The highest BCUT2D eigenvalue weighted by Gasteiger charge is 2.33. The van der Waals surface area contributed by atoms with Crippen molar-refractivity contribution in [2.45, 2.75) is 25.6 Å².